The highest BCUT2D eigenvalue weighted by Gasteiger charge is 2.25. The molecule has 0 radical (unpaired) electrons. The van der Waals surface area contributed by atoms with E-state index in [4.69, 9.17) is 0 Å². The molecule has 0 bridgehead atoms. The molecule has 34 heavy (non-hydrogen) atoms. The number of thioether (sulfide) groups is 1. The fraction of sp³-hybridized carbons (Fsp3) is 0.200. The van der Waals surface area contributed by atoms with Crippen molar-refractivity contribution in [3.05, 3.63) is 87.9 Å². The fourth-order valence-electron chi connectivity index (χ4n) is 3.99. The molecule has 2 aromatic carbocycles. The highest BCUT2D eigenvalue weighted by Crippen LogP contribution is 2.29. The van der Waals surface area contributed by atoms with Crippen LogP contribution in [-0.4, -0.2) is 38.9 Å². The lowest BCUT2D eigenvalue weighted by molar-refractivity contribution is -0.116. The van der Waals surface area contributed by atoms with E-state index in [0.29, 0.717) is 22.4 Å². The number of nitrogens with one attached hydrogen (secondary N) is 1. The van der Waals surface area contributed by atoms with Gasteiger partial charge >= 0.3 is 0 Å². The van der Waals surface area contributed by atoms with Crippen molar-refractivity contribution in [3.8, 4) is 5.69 Å². The van der Waals surface area contributed by atoms with Gasteiger partial charge in [-0.1, -0.05) is 48.2 Å². The number of hydrogen-bond donors (Lipinski definition) is 1. The predicted molar refractivity (Wildman–Crippen MR) is 135 cm³/mol. The number of amides is 2. The van der Waals surface area contributed by atoms with E-state index >= 15 is 0 Å². The van der Waals surface area contributed by atoms with Crippen LogP contribution in [0.25, 0.3) is 5.69 Å². The Labute approximate surface area is 205 Å². The molecule has 9 heteroatoms. The van der Waals surface area contributed by atoms with Crippen molar-refractivity contribution in [2.24, 2.45) is 0 Å². The zero-order valence-electron chi connectivity index (χ0n) is 18.6. The molecule has 0 aliphatic carbocycles. The molecule has 1 aliphatic rings. The van der Waals surface area contributed by atoms with E-state index in [9.17, 15) is 9.59 Å². The van der Waals surface area contributed by atoms with Gasteiger partial charge in [-0.05, 0) is 54.1 Å². The molecule has 0 saturated heterocycles. The fourth-order valence-corrected chi connectivity index (χ4v) is 5.48. The summed E-state index contributed by atoms with van der Waals surface area (Å²) in [6.07, 6.45) is 0.875. The predicted octanol–water partition coefficient (Wildman–Crippen LogP) is 4.25. The van der Waals surface area contributed by atoms with Crippen LogP contribution in [0.1, 0.15) is 26.6 Å². The second-order valence-electron chi connectivity index (χ2n) is 7.95. The summed E-state index contributed by atoms with van der Waals surface area (Å²) in [5.74, 6) is 0.754. The number of fused-ring (bicyclic) bond motifs is 1. The molecule has 3 heterocycles. The molecule has 1 N–H and O–H groups in total. The summed E-state index contributed by atoms with van der Waals surface area (Å²) in [4.78, 5) is 28.0. The first kappa shape index (κ1) is 22.4. The van der Waals surface area contributed by atoms with Crippen molar-refractivity contribution in [2.75, 3.05) is 17.2 Å². The van der Waals surface area contributed by atoms with Crippen LogP contribution in [0.2, 0.25) is 0 Å². The van der Waals surface area contributed by atoms with Crippen LogP contribution in [0.4, 0.5) is 5.69 Å². The molecule has 7 nitrogen and oxygen atoms in total. The lowest BCUT2D eigenvalue weighted by Gasteiger charge is -2.17. The second kappa shape index (κ2) is 9.82. The smallest absolute Gasteiger partial charge is 0.261 e. The molecule has 0 saturated carbocycles. The SMILES string of the molecule is Cc1cccc(-n2c(CNC(=O)c3cccs3)nnc2SCC(=O)N2CCc3ccccc32)c1. The van der Waals surface area contributed by atoms with Crippen LogP contribution in [0.5, 0.6) is 0 Å². The van der Waals surface area contributed by atoms with Gasteiger partial charge in [0.15, 0.2) is 11.0 Å². The number of anilines is 1. The molecule has 2 amide bonds. The number of benzene rings is 2. The standard InChI is InChI=1S/C25H23N5O2S2/c1-17-6-4-8-19(14-17)30-22(15-26-24(32)21-10-5-13-33-21)27-28-25(30)34-16-23(31)29-12-11-18-7-2-3-9-20(18)29/h2-10,13-14H,11-12,15-16H2,1H3,(H,26,32). The van der Waals surface area contributed by atoms with Crippen molar-refractivity contribution in [1.82, 2.24) is 20.1 Å². The summed E-state index contributed by atoms with van der Waals surface area (Å²) in [6, 6.07) is 19.7. The number of rotatable bonds is 7. The average Bonchev–Trinajstić information content (AvgIpc) is 3.60. The summed E-state index contributed by atoms with van der Waals surface area (Å²) >= 11 is 2.75. The Morgan fingerprint density at radius 3 is 2.79 bits per heavy atom. The second-order valence-corrected chi connectivity index (χ2v) is 9.84. The van der Waals surface area contributed by atoms with Crippen molar-refractivity contribution in [3.63, 3.8) is 0 Å². The number of thiophene rings is 1. The molecule has 2 aromatic heterocycles. The maximum Gasteiger partial charge on any atom is 0.261 e. The van der Waals surface area contributed by atoms with Gasteiger partial charge in [-0.3, -0.25) is 14.2 Å². The lowest BCUT2D eigenvalue weighted by atomic mass is 10.2. The number of carbonyl (C=O) groups excluding carboxylic acids is 2. The van der Waals surface area contributed by atoms with Crippen LogP contribution in [0.15, 0.2) is 71.2 Å². The van der Waals surface area contributed by atoms with Crippen LogP contribution in [0, 0.1) is 6.92 Å². The zero-order valence-corrected chi connectivity index (χ0v) is 20.2. The molecule has 5 rings (SSSR count). The Morgan fingerprint density at radius 1 is 1.09 bits per heavy atom. The van der Waals surface area contributed by atoms with Crippen LogP contribution in [-0.2, 0) is 17.8 Å². The number of carbonyl (C=O) groups is 2. The van der Waals surface area contributed by atoms with Gasteiger partial charge in [-0.2, -0.15) is 0 Å². The van der Waals surface area contributed by atoms with Crippen LogP contribution in [0.3, 0.4) is 0 Å². The van der Waals surface area contributed by atoms with E-state index in [1.807, 2.05) is 70.3 Å². The van der Waals surface area contributed by atoms with E-state index in [0.717, 1.165) is 23.4 Å². The van der Waals surface area contributed by atoms with Crippen LogP contribution >= 0.6 is 23.1 Å². The lowest BCUT2D eigenvalue weighted by Crippen LogP contribution is -2.30. The van der Waals surface area contributed by atoms with Gasteiger partial charge in [0.2, 0.25) is 5.91 Å². The van der Waals surface area contributed by atoms with Gasteiger partial charge in [0.25, 0.3) is 5.91 Å². The Kier molecular flexibility index (Phi) is 6.46. The van der Waals surface area contributed by atoms with Gasteiger partial charge in [0.05, 0.1) is 17.2 Å². The normalized spacial score (nSPS) is 12.6. The topological polar surface area (TPSA) is 80.1 Å². The Hall–Kier alpha value is -3.43. The summed E-state index contributed by atoms with van der Waals surface area (Å²) in [5.41, 5.74) is 4.19. The average molecular weight is 490 g/mol. The zero-order chi connectivity index (χ0) is 23.5. The van der Waals surface area contributed by atoms with Gasteiger partial charge in [-0.15, -0.1) is 21.5 Å². The van der Waals surface area contributed by atoms with E-state index < -0.39 is 0 Å². The van der Waals surface area contributed by atoms with Gasteiger partial charge in [-0.25, -0.2) is 0 Å². The number of nitrogens with zero attached hydrogens (tertiary/aromatic N) is 4. The quantitative estimate of drug-likeness (QED) is 0.393. The van der Waals surface area contributed by atoms with Crippen molar-refractivity contribution < 1.29 is 9.59 Å². The first-order chi connectivity index (χ1) is 16.6. The minimum atomic E-state index is -0.147. The minimum Gasteiger partial charge on any atom is -0.344 e. The largest absolute Gasteiger partial charge is 0.344 e. The Balaban J connectivity index is 1.35. The van der Waals surface area contributed by atoms with Crippen LogP contribution < -0.4 is 10.2 Å². The molecule has 0 spiro atoms. The third-order valence-electron chi connectivity index (χ3n) is 5.63. The molecule has 0 unspecified atom stereocenters. The van der Waals surface area contributed by atoms with E-state index in [1.165, 1.54) is 28.7 Å². The summed E-state index contributed by atoms with van der Waals surface area (Å²) in [5, 5.41) is 14.1. The Morgan fingerprint density at radius 2 is 1.97 bits per heavy atom. The molecular weight excluding hydrogens is 466 g/mol. The number of para-hydroxylation sites is 1. The van der Waals surface area contributed by atoms with Gasteiger partial charge < -0.3 is 10.2 Å². The molecule has 172 valence electrons. The number of hydrogen-bond acceptors (Lipinski definition) is 6. The minimum absolute atomic E-state index is 0.0429. The van der Waals surface area contributed by atoms with Crippen molar-refractivity contribution in [2.45, 2.75) is 25.0 Å². The molecule has 4 aromatic rings. The monoisotopic (exact) mass is 489 g/mol. The first-order valence-electron chi connectivity index (χ1n) is 10.9. The van der Waals surface area contributed by atoms with E-state index in [-0.39, 0.29) is 24.1 Å². The third-order valence-corrected chi connectivity index (χ3v) is 7.41. The maximum atomic E-state index is 13.0. The summed E-state index contributed by atoms with van der Waals surface area (Å²) < 4.78 is 1.91. The Bertz CT molecular complexity index is 1330. The molecule has 1 aliphatic heterocycles. The third kappa shape index (κ3) is 4.62. The molecule has 0 fully saturated rings. The highest BCUT2D eigenvalue weighted by atomic mass is 32.2. The molecular formula is C25H23N5O2S2. The van der Waals surface area contributed by atoms with Crippen molar-refractivity contribution >= 4 is 40.6 Å². The maximum absolute atomic E-state index is 13.0. The molecule has 0 atom stereocenters. The van der Waals surface area contributed by atoms with Crippen molar-refractivity contribution in [1.29, 1.82) is 0 Å². The number of aromatic nitrogens is 3. The highest BCUT2D eigenvalue weighted by molar-refractivity contribution is 7.99. The van der Waals surface area contributed by atoms with Gasteiger partial charge in [0, 0.05) is 17.9 Å². The number of aryl methyl sites for hydroxylation is 1. The first-order valence-corrected chi connectivity index (χ1v) is 12.8. The van der Waals surface area contributed by atoms with E-state index in [2.05, 4.69) is 21.6 Å². The summed E-state index contributed by atoms with van der Waals surface area (Å²) in [6.45, 7) is 2.95. The van der Waals surface area contributed by atoms with E-state index in [1.54, 1.807) is 6.07 Å². The summed E-state index contributed by atoms with van der Waals surface area (Å²) in [7, 11) is 0. The van der Waals surface area contributed by atoms with Gasteiger partial charge in [0.1, 0.15) is 0 Å².